The van der Waals surface area contributed by atoms with Gasteiger partial charge >= 0.3 is 0 Å². The highest BCUT2D eigenvalue weighted by Gasteiger charge is 2.26. The van der Waals surface area contributed by atoms with E-state index in [1.807, 2.05) is 0 Å². The lowest BCUT2D eigenvalue weighted by molar-refractivity contribution is -0.124. The molecular formula is C36H69NO4. The maximum Gasteiger partial charge on any atom is 0.220 e. The first-order valence-corrected chi connectivity index (χ1v) is 17.6. The first-order chi connectivity index (χ1) is 20.1. The third-order valence-electron chi connectivity index (χ3n) is 8.03. The predicted octanol–water partition coefficient (Wildman–Crippen LogP) is 9.09. The van der Waals surface area contributed by atoms with Gasteiger partial charge in [-0.15, -0.1) is 0 Å². The molecule has 242 valence electrons. The Morgan fingerprint density at radius 3 is 1.44 bits per heavy atom. The predicted molar refractivity (Wildman–Crippen MR) is 176 cm³/mol. The van der Waals surface area contributed by atoms with Gasteiger partial charge in [0.2, 0.25) is 5.91 Å². The van der Waals surface area contributed by atoms with E-state index in [-0.39, 0.29) is 12.5 Å². The van der Waals surface area contributed by atoms with Gasteiger partial charge in [-0.2, -0.15) is 0 Å². The fourth-order valence-corrected chi connectivity index (χ4v) is 5.21. The summed E-state index contributed by atoms with van der Waals surface area (Å²) >= 11 is 0. The Labute approximate surface area is 254 Å². The molecule has 0 saturated heterocycles. The van der Waals surface area contributed by atoms with Crippen LogP contribution in [-0.4, -0.2) is 46.1 Å². The SMILES string of the molecule is CCCCCC/C=C\CCCCCCCCCC(=O)NC(CO)C(O)C(O)CCC/C=C/CCCCCCCCC. The summed E-state index contributed by atoms with van der Waals surface area (Å²) in [4.78, 5) is 12.3. The summed E-state index contributed by atoms with van der Waals surface area (Å²) < 4.78 is 0. The summed E-state index contributed by atoms with van der Waals surface area (Å²) in [6.07, 6.45) is 35.5. The first-order valence-electron chi connectivity index (χ1n) is 17.6. The molecule has 0 aliphatic carbocycles. The van der Waals surface area contributed by atoms with Gasteiger partial charge in [0.15, 0.2) is 0 Å². The second-order valence-electron chi connectivity index (χ2n) is 12.1. The number of aliphatic hydroxyl groups is 3. The number of allylic oxidation sites excluding steroid dienone is 4. The molecule has 0 bridgehead atoms. The number of unbranched alkanes of at least 4 members (excludes halogenated alkanes) is 19. The number of nitrogens with one attached hydrogen (secondary N) is 1. The molecule has 0 heterocycles. The number of rotatable bonds is 31. The number of carbonyl (C=O) groups excluding carboxylic acids is 1. The van der Waals surface area contributed by atoms with Crippen molar-refractivity contribution in [1.82, 2.24) is 5.32 Å². The van der Waals surface area contributed by atoms with E-state index >= 15 is 0 Å². The standard InChI is InChI=1S/C36H69NO4/c1-3-5-7-9-11-13-15-17-18-19-21-23-25-27-29-31-35(40)37-33(32-38)36(41)34(39)30-28-26-24-22-20-16-14-12-10-8-6-4-2/h13,15,22,24,33-34,36,38-39,41H,3-12,14,16-21,23,25-32H2,1-2H3,(H,37,40)/b15-13-,24-22+. The number of hydrogen-bond acceptors (Lipinski definition) is 4. The van der Waals surface area contributed by atoms with Crippen molar-refractivity contribution < 1.29 is 20.1 Å². The van der Waals surface area contributed by atoms with Gasteiger partial charge in [-0.1, -0.05) is 128 Å². The Morgan fingerprint density at radius 1 is 0.585 bits per heavy atom. The molecule has 0 aliphatic rings. The lowest BCUT2D eigenvalue weighted by Gasteiger charge is -2.26. The van der Waals surface area contributed by atoms with Crippen molar-refractivity contribution in [2.45, 2.75) is 193 Å². The van der Waals surface area contributed by atoms with Crippen LogP contribution in [0.5, 0.6) is 0 Å². The van der Waals surface area contributed by atoms with Crippen molar-refractivity contribution in [3.63, 3.8) is 0 Å². The highest BCUT2D eigenvalue weighted by atomic mass is 16.3. The zero-order valence-electron chi connectivity index (χ0n) is 27.2. The van der Waals surface area contributed by atoms with Crippen LogP contribution in [0.1, 0.15) is 174 Å². The monoisotopic (exact) mass is 580 g/mol. The van der Waals surface area contributed by atoms with E-state index in [9.17, 15) is 20.1 Å². The van der Waals surface area contributed by atoms with Crippen LogP contribution < -0.4 is 5.32 Å². The van der Waals surface area contributed by atoms with Gasteiger partial charge in [0.1, 0.15) is 6.10 Å². The average Bonchev–Trinajstić information content (AvgIpc) is 2.97. The van der Waals surface area contributed by atoms with Gasteiger partial charge in [0, 0.05) is 6.42 Å². The fraction of sp³-hybridized carbons (Fsp3) is 0.861. The molecule has 0 aromatic carbocycles. The summed E-state index contributed by atoms with van der Waals surface area (Å²) in [6, 6.07) is -0.823. The van der Waals surface area contributed by atoms with E-state index in [1.165, 1.54) is 109 Å². The molecule has 0 saturated carbocycles. The molecule has 0 radical (unpaired) electrons. The van der Waals surface area contributed by atoms with Crippen LogP contribution in [0.2, 0.25) is 0 Å². The normalized spacial score (nSPS) is 14.2. The van der Waals surface area contributed by atoms with Crippen LogP contribution in [0.4, 0.5) is 0 Å². The second-order valence-corrected chi connectivity index (χ2v) is 12.1. The molecule has 0 spiro atoms. The van der Waals surface area contributed by atoms with Gasteiger partial charge in [-0.05, 0) is 64.2 Å². The largest absolute Gasteiger partial charge is 0.394 e. The summed E-state index contributed by atoms with van der Waals surface area (Å²) in [5.41, 5.74) is 0. The highest BCUT2D eigenvalue weighted by molar-refractivity contribution is 5.76. The van der Waals surface area contributed by atoms with Gasteiger partial charge in [0.05, 0.1) is 18.8 Å². The summed E-state index contributed by atoms with van der Waals surface area (Å²) in [5.74, 6) is -0.162. The van der Waals surface area contributed by atoms with E-state index in [0.29, 0.717) is 12.8 Å². The summed E-state index contributed by atoms with van der Waals surface area (Å²) in [5, 5.41) is 33.2. The van der Waals surface area contributed by atoms with Crippen LogP contribution in [0.25, 0.3) is 0 Å². The zero-order chi connectivity index (χ0) is 30.2. The molecule has 0 aromatic rings. The third kappa shape index (κ3) is 27.4. The molecule has 0 fully saturated rings. The van der Waals surface area contributed by atoms with E-state index < -0.39 is 18.2 Å². The maximum atomic E-state index is 12.3. The van der Waals surface area contributed by atoms with Crippen molar-refractivity contribution in [2.75, 3.05) is 6.61 Å². The Kier molecular flexibility index (Phi) is 30.9. The van der Waals surface area contributed by atoms with Crippen LogP contribution in [0.3, 0.4) is 0 Å². The minimum absolute atomic E-state index is 0.162. The molecular weight excluding hydrogens is 510 g/mol. The highest BCUT2D eigenvalue weighted by Crippen LogP contribution is 2.13. The minimum atomic E-state index is -1.16. The number of aliphatic hydroxyl groups excluding tert-OH is 3. The number of amides is 1. The average molecular weight is 580 g/mol. The molecule has 1 amide bonds. The molecule has 41 heavy (non-hydrogen) atoms. The van der Waals surface area contributed by atoms with Crippen molar-refractivity contribution in [1.29, 1.82) is 0 Å². The molecule has 3 atom stereocenters. The van der Waals surface area contributed by atoms with E-state index in [0.717, 1.165) is 38.5 Å². The first kappa shape index (κ1) is 39.8. The molecule has 4 N–H and O–H groups in total. The quantitative estimate of drug-likeness (QED) is 0.0487. The van der Waals surface area contributed by atoms with Gasteiger partial charge in [-0.3, -0.25) is 4.79 Å². The summed E-state index contributed by atoms with van der Waals surface area (Å²) in [7, 11) is 0. The lowest BCUT2D eigenvalue weighted by Crippen LogP contribution is -2.50. The van der Waals surface area contributed by atoms with E-state index in [4.69, 9.17) is 0 Å². The maximum absolute atomic E-state index is 12.3. The minimum Gasteiger partial charge on any atom is -0.394 e. The molecule has 0 aromatic heterocycles. The fourth-order valence-electron chi connectivity index (χ4n) is 5.21. The van der Waals surface area contributed by atoms with E-state index in [1.54, 1.807) is 0 Å². The Hall–Kier alpha value is -1.17. The Morgan fingerprint density at radius 2 is 0.976 bits per heavy atom. The number of carbonyl (C=O) groups is 1. The van der Waals surface area contributed by atoms with Crippen LogP contribution in [0.15, 0.2) is 24.3 Å². The molecule has 5 heteroatoms. The Balaban J connectivity index is 3.76. The van der Waals surface area contributed by atoms with E-state index in [2.05, 4.69) is 43.5 Å². The van der Waals surface area contributed by atoms with Crippen molar-refractivity contribution in [2.24, 2.45) is 0 Å². The second kappa shape index (κ2) is 31.8. The van der Waals surface area contributed by atoms with Gasteiger partial charge in [0.25, 0.3) is 0 Å². The van der Waals surface area contributed by atoms with Crippen molar-refractivity contribution in [3.8, 4) is 0 Å². The molecule has 0 rings (SSSR count). The van der Waals surface area contributed by atoms with Crippen molar-refractivity contribution in [3.05, 3.63) is 24.3 Å². The topological polar surface area (TPSA) is 89.8 Å². The lowest BCUT2D eigenvalue weighted by atomic mass is 10.0. The van der Waals surface area contributed by atoms with Crippen LogP contribution >= 0.6 is 0 Å². The Bertz CT molecular complexity index is 606. The molecule has 0 aliphatic heterocycles. The smallest absolute Gasteiger partial charge is 0.220 e. The zero-order valence-corrected chi connectivity index (χ0v) is 27.2. The number of hydrogen-bond donors (Lipinski definition) is 4. The van der Waals surface area contributed by atoms with Crippen LogP contribution in [-0.2, 0) is 4.79 Å². The summed E-state index contributed by atoms with van der Waals surface area (Å²) in [6.45, 7) is 4.12. The van der Waals surface area contributed by atoms with Gasteiger partial charge in [-0.25, -0.2) is 0 Å². The van der Waals surface area contributed by atoms with Crippen LogP contribution in [0, 0.1) is 0 Å². The molecule has 5 nitrogen and oxygen atoms in total. The third-order valence-corrected chi connectivity index (χ3v) is 8.03. The molecule has 3 unspecified atom stereocenters. The van der Waals surface area contributed by atoms with Crippen molar-refractivity contribution >= 4 is 5.91 Å². The van der Waals surface area contributed by atoms with Gasteiger partial charge < -0.3 is 20.6 Å².